The maximum absolute atomic E-state index is 14.7. The number of anilines is 1. The number of amides is 3. The van der Waals surface area contributed by atoms with Crippen molar-refractivity contribution >= 4 is 45.0 Å². The van der Waals surface area contributed by atoms with Gasteiger partial charge in [-0.15, -0.1) is 11.3 Å². The summed E-state index contributed by atoms with van der Waals surface area (Å²) in [5.41, 5.74) is 2.17. The van der Waals surface area contributed by atoms with Crippen LogP contribution in [0.1, 0.15) is 71.4 Å². The standard InChI is InChI=1S/C40H46N6O5S/c1-39(2,3)33-25-52-38(43-33)42-31-19-11-6-4-5-8-15-27-23-40(27,37(49)45-51-28-16-9-7-10-17-28)44-34(47)32-22-29(24-46(32)36(31)48)50-35-30-18-13-12-14-26(30)20-21-41-35/h7-10,12-18,20-21,25,27,29,31-32H,4-6,11,19,22-24H2,1-3H3,(H,42,43)(H,44,47)(H,45,49)/b15-8-/t27-,29+,31-,32-,40+/m0/s1. The average molecular weight is 723 g/mol. The number of carbonyl (C=O) groups is 3. The average Bonchev–Trinajstić information content (AvgIpc) is 3.41. The number of para-hydroxylation sites is 1. The van der Waals surface area contributed by atoms with Crippen LogP contribution in [0, 0.1) is 5.92 Å². The summed E-state index contributed by atoms with van der Waals surface area (Å²) in [6.45, 7) is 6.52. The van der Waals surface area contributed by atoms with Crippen LogP contribution in [-0.4, -0.2) is 62.9 Å². The Labute approximate surface area is 308 Å². The van der Waals surface area contributed by atoms with Gasteiger partial charge in [0, 0.05) is 34.7 Å². The van der Waals surface area contributed by atoms with Gasteiger partial charge in [-0.05, 0) is 55.3 Å². The number of aromatic nitrogens is 2. The quantitative estimate of drug-likeness (QED) is 0.149. The molecule has 0 radical (unpaired) electrons. The van der Waals surface area contributed by atoms with E-state index >= 15 is 0 Å². The molecule has 2 aromatic heterocycles. The predicted molar refractivity (Wildman–Crippen MR) is 201 cm³/mol. The Bertz CT molecular complexity index is 1940. The smallest absolute Gasteiger partial charge is 0.278 e. The van der Waals surface area contributed by atoms with E-state index in [1.165, 1.54) is 11.3 Å². The molecule has 2 fully saturated rings. The Morgan fingerprint density at radius 1 is 1.04 bits per heavy atom. The van der Waals surface area contributed by atoms with Crippen LogP contribution in [0.3, 0.4) is 0 Å². The molecular formula is C40H46N6O5S. The Morgan fingerprint density at radius 2 is 1.85 bits per heavy atom. The highest BCUT2D eigenvalue weighted by atomic mass is 32.1. The molecule has 2 aliphatic heterocycles. The zero-order valence-corrected chi connectivity index (χ0v) is 30.7. The number of nitrogens with zero attached hydrogens (tertiary/aromatic N) is 3. The Morgan fingerprint density at radius 3 is 2.65 bits per heavy atom. The second-order valence-electron chi connectivity index (χ2n) is 15.0. The number of hydrogen-bond acceptors (Lipinski definition) is 9. The summed E-state index contributed by atoms with van der Waals surface area (Å²) < 4.78 is 6.49. The summed E-state index contributed by atoms with van der Waals surface area (Å²) in [6, 6.07) is 17.2. The number of nitrogens with one attached hydrogen (secondary N) is 3. The summed E-state index contributed by atoms with van der Waals surface area (Å²) in [5, 5.41) is 11.1. The number of hydroxylamine groups is 1. The molecule has 1 aliphatic carbocycles. The third kappa shape index (κ3) is 7.77. The first-order valence-electron chi connectivity index (χ1n) is 18.2. The molecule has 3 aliphatic rings. The van der Waals surface area contributed by atoms with Crippen molar-refractivity contribution in [3.63, 3.8) is 0 Å². The first-order chi connectivity index (χ1) is 25.1. The normalized spacial score (nSPS) is 25.9. The zero-order valence-electron chi connectivity index (χ0n) is 29.8. The molecule has 1 saturated heterocycles. The van der Waals surface area contributed by atoms with Crippen LogP contribution in [0.2, 0.25) is 0 Å². The second-order valence-corrected chi connectivity index (χ2v) is 15.8. The van der Waals surface area contributed by atoms with E-state index in [-0.39, 0.29) is 30.2 Å². The zero-order chi connectivity index (χ0) is 36.3. The van der Waals surface area contributed by atoms with Gasteiger partial charge >= 0.3 is 0 Å². The number of thiazole rings is 1. The Hall–Kier alpha value is -4.97. The first-order valence-corrected chi connectivity index (χ1v) is 19.0. The topological polar surface area (TPSA) is 135 Å². The van der Waals surface area contributed by atoms with Crippen LogP contribution in [0.15, 0.2) is 84.4 Å². The van der Waals surface area contributed by atoms with Crippen molar-refractivity contribution in [2.75, 3.05) is 11.9 Å². The number of fused-ring (bicyclic) bond motifs is 3. The van der Waals surface area contributed by atoms with E-state index in [0.29, 0.717) is 29.6 Å². The number of rotatable bonds is 7. The Kier molecular flexibility index (Phi) is 10.2. The molecule has 4 heterocycles. The molecule has 2 aromatic carbocycles. The molecule has 3 amide bonds. The predicted octanol–water partition coefficient (Wildman–Crippen LogP) is 6.32. The van der Waals surface area contributed by atoms with Crippen LogP contribution in [0.25, 0.3) is 10.8 Å². The van der Waals surface area contributed by atoms with E-state index in [2.05, 4.69) is 47.9 Å². The third-order valence-electron chi connectivity index (χ3n) is 10.1. The summed E-state index contributed by atoms with van der Waals surface area (Å²) in [4.78, 5) is 59.5. The van der Waals surface area contributed by atoms with Crippen molar-refractivity contribution < 1.29 is 24.0 Å². The van der Waals surface area contributed by atoms with Gasteiger partial charge in [0.15, 0.2) is 10.9 Å². The second kappa shape index (κ2) is 14.9. The van der Waals surface area contributed by atoms with Gasteiger partial charge in [-0.2, -0.15) is 5.48 Å². The fraction of sp³-hybridized carbons (Fsp3) is 0.425. The molecule has 3 N–H and O–H groups in total. The van der Waals surface area contributed by atoms with E-state index in [4.69, 9.17) is 14.6 Å². The maximum atomic E-state index is 14.7. The molecule has 5 atom stereocenters. The highest BCUT2D eigenvalue weighted by Crippen LogP contribution is 2.45. The molecule has 0 unspecified atom stereocenters. The maximum Gasteiger partial charge on any atom is 0.278 e. The van der Waals surface area contributed by atoms with Crippen LogP contribution in [0.4, 0.5) is 5.13 Å². The minimum Gasteiger partial charge on any atom is -0.472 e. The number of carbonyl (C=O) groups excluding carboxylic acids is 3. The van der Waals surface area contributed by atoms with Gasteiger partial charge in [-0.3, -0.25) is 14.4 Å². The lowest BCUT2D eigenvalue weighted by molar-refractivity contribution is -0.141. The molecular weight excluding hydrogens is 677 g/mol. The fourth-order valence-corrected chi connectivity index (χ4v) is 8.02. The summed E-state index contributed by atoms with van der Waals surface area (Å²) in [6.07, 6.45) is 10.1. The highest BCUT2D eigenvalue weighted by Gasteiger charge is 2.61. The van der Waals surface area contributed by atoms with Crippen molar-refractivity contribution in [2.24, 2.45) is 5.92 Å². The third-order valence-corrected chi connectivity index (χ3v) is 10.9. The lowest BCUT2D eigenvalue weighted by Crippen LogP contribution is -2.57. The highest BCUT2D eigenvalue weighted by molar-refractivity contribution is 7.13. The van der Waals surface area contributed by atoms with E-state index in [9.17, 15) is 14.4 Å². The van der Waals surface area contributed by atoms with E-state index in [0.717, 1.165) is 42.1 Å². The van der Waals surface area contributed by atoms with Crippen LogP contribution >= 0.6 is 11.3 Å². The lowest BCUT2D eigenvalue weighted by Gasteiger charge is -2.29. The molecule has 11 nitrogen and oxygen atoms in total. The van der Waals surface area contributed by atoms with Crippen molar-refractivity contribution in [3.05, 3.63) is 90.1 Å². The van der Waals surface area contributed by atoms with Crippen molar-refractivity contribution in [3.8, 4) is 11.6 Å². The van der Waals surface area contributed by atoms with Gasteiger partial charge < -0.3 is 25.1 Å². The molecule has 4 aromatic rings. The molecule has 7 rings (SSSR count). The number of ether oxygens (including phenoxy) is 1. The Balaban J connectivity index is 1.18. The van der Waals surface area contributed by atoms with Gasteiger partial charge in [0.1, 0.15) is 23.7 Å². The minimum atomic E-state index is -1.21. The van der Waals surface area contributed by atoms with Crippen LogP contribution < -0.4 is 25.7 Å². The molecule has 1 saturated carbocycles. The number of allylic oxidation sites excluding steroid dienone is 1. The van der Waals surface area contributed by atoms with Gasteiger partial charge in [0.2, 0.25) is 17.7 Å². The van der Waals surface area contributed by atoms with Crippen molar-refractivity contribution in [1.82, 2.24) is 25.7 Å². The summed E-state index contributed by atoms with van der Waals surface area (Å²) in [7, 11) is 0. The van der Waals surface area contributed by atoms with Gasteiger partial charge in [-0.1, -0.05) is 82.2 Å². The van der Waals surface area contributed by atoms with Crippen molar-refractivity contribution in [2.45, 2.75) is 94.9 Å². The number of benzene rings is 2. The lowest BCUT2D eigenvalue weighted by atomic mass is 9.93. The van der Waals surface area contributed by atoms with Gasteiger partial charge in [-0.25, -0.2) is 9.97 Å². The van der Waals surface area contributed by atoms with Crippen LogP contribution in [0.5, 0.6) is 11.6 Å². The molecule has 52 heavy (non-hydrogen) atoms. The van der Waals surface area contributed by atoms with E-state index in [1.807, 2.05) is 60.0 Å². The molecule has 12 heteroatoms. The van der Waals surface area contributed by atoms with Gasteiger partial charge in [0.05, 0.1) is 12.2 Å². The monoisotopic (exact) mass is 722 g/mol. The van der Waals surface area contributed by atoms with E-state index < -0.39 is 35.5 Å². The molecule has 0 spiro atoms. The summed E-state index contributed by atoms with van der Waals surface area (Å²) in [5.74, 6) is -0.330. The number of hydrogen-bond donors (Lipinski definition) is 3. The minimum absolute atomic E-state index is 0.136. The first kappa shape index (κ1) is 35.4. The van der Waals surface area contributed by atoms with Gasteiger partial charge in [0.25, 0.3) is 5.91 Å². The fourth-order valence-electron chi connectivity index (χ4n) is 7.03. The largest absolute Gasteiger partial charge is 0.472 e. The molecule has 0 bridgehead atoms. The van der Waals surface area contributed by atoms with Crippen molar-refractivity contribution in [1.29, 1.82) is 0 Å². The number of pyridine rings is 1. The van der Waals surface area contributed by atoms with Crippen LogP contribution in [-0.2, 0) is 19.8 Å². The molecule has 272 valence electrons. The van der Waals surface area contributed by atoms with E-state index in [1.54, 1.807) is 23.2 Å². The SMILES string of the molecule is CC(C)(C)c1csc(N[C@H]2CCCCC/C=C\[C@H]3C[C@@]3(C(=O)NOc3ccccc3)NC(=O)[C@@H]3C[C@@H](Oc4nccc5ccccc45)CN3C2=O)n1. The summed E-state index contributed by atoms with van der Waals surface area (Å²) >= 11 is 1.48.